The number of carbonyl (C=O) groups is 1. The van der Waals surface area contributed by atoms with E-state index in [1.807, 2.05) is 0 Å². The molecule has 0 saturated heterocycles. The van der Waals surface area contributed by atoms with Crippen LogP contribution in [0.15, 0.2) is 11.6 Å². The number of amides is 1. The van der Waals surface area contributed by atoms with Crippen LogP contribution in [0.3, 0.4) is 0 Å². The first kappa shape index (κ1) is 13.4. The summed E-state index contributed by atoms with van der Waals surface area (Å²) in [5.74, 6) is 20.4. The number of rotatable bonds is 1. The summed E-state index contributed by atoms with van der Waals surface area (Å²) in [6.07, 6.45) is 1.41. The number of carbonyl (C=O) groups excluding carboxylic acids is 1. The van der Waals surface area contributed by atoms with Gasteiger partial charge in [0.15, 0.2) is 0 Å². The zero-order valence-corrected chi connectivity index (χ0v) is 9.49. The summed E-state index contributed by atoms with van der Waals surface area (Å²) in [5.41, 5.74) is 0.648. The number of hydrogen-bond acceptors (Lipinski definition) is 1. The molecule has 0 heterocycles. The number of allylic oxidation sites excluding steroid dienone is 1. The molecule has 0 saturated carbocycles. The fraction of sp³-hybridized carbons (Fsp3) is 0.214. The lowest BCUT2D eigenvalue weighted by Crippen LogP contribution is -2.14. The van der Waals surface area contributed by atoms with Crippen LogP contribution >= 0.6 is 0 Å². The van der Waals surface area contributed by atoms with E-state index in [0.717, 1.165) is 0 Å². The first-order chi connectivity index (χ1) is 7.70. The van der Waals surface area contributed by atoms with Crippen LogP contribution in [-0.2, 0) is 4.79 Å². The highest BCUT2D eigenvalue weighted by molar-refractivity contribution is 5.88. The largest absolute Gasteiger partial charge is 0.356 e. The van der Waals surface area contributed by atoms with Gasteiger partial charge in [0.25, 0.3) is 0 Å². The molecule has 2 heteroatoms. The van der Waals surface area contributed by atoms with Crippen LogP contribution in [-0.4, -0.2) is 13.0 Å². The Morgan fingerprint density at radius 3 is 2.19 bits per heavy atom. The minimum Gasteiger partial charge on any atom is -0.356 e. The molecule has 0 rings (SSSR count). The highest BCUT2D eigenvalue weighted by atomic mass is 16.1. The second-order valence-corrected chi connectivity index (χ2v) is 2.57. The quantitative estimate of drug-likeness (QED) is 0.500. The van der Waals surface area contributed by atoms with Crippen LogP contribution in [0.2, 0.25) is 0 Å². The lowest BCUT2D eigenvalue weighted by Gasteiger charge is -1.89. The SMILES string of the molecule is CC#CC#CC#CC#C/C(C)=C\C(=O)NC. The summed E-state index contributed by atoms with van der Waals surface area (Å²) in [7, 11) is 1.56. The second kappa shape index (κ2) is 9.02. The Morgan fingerprint density at radius 1 is 1.06 bits per heavy atom. The van der Waals surface area contributed by atoms with Gasteiger partial charge in [-0.2, -0.15) is 0 Å². The molecule has 0 aromatic rings. The molecule has 0 atom stereocenters. The molecule has 0 radical (unpaired) electrons. The van der Waals surface area contributed by atoms with Crippen molar-refractivity contribution in [2.75, 3.05) is 7.05 Å². The van der Waals surface area contributed by atoms with Crippen molar-refractivity contribution < 1.29 is 4.79 Å². The molecule has 0 aromatic carbocycles. The molecule has 0 aliphatic carbocycles. The number of likely N-dealkylation sites (N-methyl/N-ethyl adjacent to an activating group) is 1. The van der Waals surface area contributed by atoms with E-state index in [9.17, 15) is 4.79 Å². The third-order valence-electron chi connectivity index (χ3n) is 1.29. The smallest absolute Gasteiger partial charge is 0.244 e. The monoisotopic (exact) mass is 209 g/mol. The minimum absolute atomic E-state index is 0.183. The fourth-order valence-corrected chi connectivity index (χ4v) is 0.622. The molecule has 2 nitrogen and oxygen atoms in total. The van der Waals surface area contributed by atoms with Crippen molar-refractivity contribution in [2.45, 2.75) is 13.8 Å². The number of hydrogen-bond donors (Lipinski definition) is 1. The molecular formula is C14H11NO. The van der Waals surface area contributed by atoms with Crippen molar-refractivity contribution in [2.24, 2.45) is 0 Å². The van der Waals surface area contributed by atoms with Crippen molar-refractivity contribution in [3.8, 4) is 47.4 Å². The lowest BCUT2D eigenvalue weighted by molar-refractivity contribution is -0.116. The average Bonchev–Trinajstić information content (AvgIpc) is 2.27. The van der Waals surface area contributed by atoms with Crippen molar-refractivity contribution in [3.05, 3.63) is 11.6 Å². The van der Waals surface area contributed by atoms with Gasteiger partial charge in [-0.15, -0.1) is 0 Å². The summed E-state index contributed by atoms with van der Waals surface area (Å²) < 4.78 is 0. The van der Waals surface area contributed by atoms with Gasteiger partial charge in [0.1, 0.15) is 0 Å². The van der Waals surface area contributed by atoms with E-state index in [2.05, 4.69) is 52.7 Å². The topological polar surface area (TPSA) is 29.1 Å². The average molecular weight is 209 g/mol. The van der Waals surface area contributed by atoms with Crippen LogP contribution in [0.1, 0.15) is 13.8 Å². The molecule has 0 aliphatic heterocycles. The predicted molar refractivity (Wildman–Crippen MR) is 64.6 cm³/mol. The van der Waals surface area contributed by atoms with Gasteiger partial charge in [-0.25, -0.2) is 0 Å². The van der Waals surface area contributed by atoms with Crippen molar-refractivity contribution >= 4 is 5.91 Å². The maximum Gasteiger partial charge on any atom is 0.244 e. The molecule has 0 bridgehead atoms. The summed E-state index contributed by atoms with van der Waals surface area (Å²) in [4.78, 5) is 10.9. The van der Waals surface area contributed by atoms with E-state index < -0.39 is 0 Å². The summed E-state index contributed by atoms with van der Waals surface area (Å²) in [6.45, 7) is 3.44. The predicted octanol–water partition coefficient (Wildman–Crippen LogP) is 0.712. The summed E-state index contributed by atoms with van der Waals surface area (Å²) >= 11 is 0. The van der Waals surface area contributed by atoms with E-state index in [1.54, 1.807) is 20.9 Å². The van der Waals surface area contributed by atoms with E-state index >= 15 is 0 Å². The maximum atomic E-state index is 10.9. The molecular weight excluding hydrogens is 198 g/mol. The van der Waals surface area contributed by atoms with Crippen molar-refractivity contribution in [1.82, 2.24) is 5.32 Å². The lowest BCUT2D eigenvalue weighted by atomic mass is 10.3. The molecule has 1 N–H and O–H groups in total. The van der Waals surface area contributed by atoms with Gasteiger partial charge in [-0.05, 0) is 49.4 Å². The third kappa shape index (κ3) is 8.07. The van der Waals surface area contributed by atoms with Crippen LogP contribution in [0.5, 0.6) is 0 Å². The first-order valence-electron chi connectivity index (χ1n) is 4.53. The van der Waals surface area contributed by atoms with Crippen LogP contribution in [0, 0.1) is 47.4 Å². The Morgan fingerprint density at radius 2 is 1.62 bits per heavy atom. The van der Waals surface area contributed by atoms with Crippen LogP contribution < -0.4 is 5.32 Å². The van der Waals surface area contributed by atoms with Gasteiger partial charge in [-0.1, -0.05) is 11.8 Å². The Kier molecular flexibility index (Phi) is 7.58. The van der Waals surface area contributed by atoms with Gasteiger partial charge in [0.2, 0.25) is 5.91 Å². The van der Waals surface area contributed by atoms with Gasteiger partial charge in [0.05, 0.1) is 0 Å². The normalized spacial score (nSPS) is 7.56. The standard InChI is InChI=1S/C14H11NO/c1-4-5-6-7-8-9-10-11-13(2)12-14(16)15-3/h12H,1-3H3,(H,15,16)/b13-12-. The maximum absolute atomic E-state index is 10.9. The zero-order chi connectivity index (χ0) is 12.2. The molecule has 0 fully saturated rings. The Balaban J connectivity index is 4.42. The highest BCUT2D eigenvalue weighted by Crippen LogP contribution is 1.87. The molecule has 0 spiro atoms. The molecule has 0 unspecified atom stereocenters. The van der Waals surface area contributed by atoms with E-state index in [0.29, 0.717) is 5.57 Å². The Labute approximate surface area is 96.5 Å². The Bertz CT molecular complexity index is 522. The van der Waals surface area contributed by atoms with Gasteiger partial charge < -0.3 is 5.32 Å². The van der Waals surface area contributed by atoms with E-state index in [4.69, 9.17) is 0 Å². The van der Waals surface area contributed by atoms with Gasteiger partial charge >= 0.3 is 0 Å². The summed E-state index contributed by atoms with van der Waals surface area (Å²) in [5, 5.41) is 2.46. The molecule has 78 valence electrons. The van der Waals surface area contributed by atoms with E-state index in [1.165, 1.54) is 6.08 Å². The van der Waals surface area contributed by atoms with Gasteiger partial charge in [0, 0.05) is 18.7 Å². The molecule has 0 aromatic heterocycles. The van der Waals surface area contributed by atoms with Crippen LogP contribution in [0.25, 0.3) is 0 Å². The zero-order valence-electron chi connectivity index (χ0n) is 9.49. The van der Waals surface area contributed by atoms with Crippen LogP contribution in [0.4, 0.5) is 0 Å². The van der Waals surface area contributed by atoms with E-state index in [-0.39, 0.29) is 5.91 Å². The molecule has 16 heavy (non-hydrogen) atoms. The second-order valence-electron chi connectivity index (χ2n) is 2.57. The van der Waals surface area contributed by atoms with Crippen molar-refractivity contribution in [3.63, 3.8) is 0 Å². The fourth-order valence-electron chi connectivity index (χ4n) is 0.622. The molecule has 0 aliphatic rings. The van der Waals surface area contributed by atoms with Crippen molar-refractivity contribution in [1.29, 1.82) is 0 Å². The highest BCUT2D eigenvalue weighted by Gasteiger charge is 1.89. The summed E-state index contributed by atoms with van der Waals surface area (Å²) in [6, 6.07) is 0. The van der Waals surface area contributed by atoms with Gasteiger partial charge in [-0.3, -0.25) is 4.79 Å². The third-order valence-corrected chi connectivity index (χ3v) is 1.29. The first-order valence-corrected chi connectivity index (χ1v) is 4.53. The molecule has 1 amide bonds. The Hall–Kier alpha value is -2.55. The minimum atomic E-state index is -0.183. The number of nitrogens with one attached hydrogen (secondary N) is 1.